The molecule has 0 radical (unpaired) electrons. The van der Waals surface area contributed by atoms with Gasteiger partial charge in [0.2, 0.25) is 0 Å². The summed E-state index contributed by atoms with van der Waals surface area (Å²) in [7, 11) is 0. The Morgan fingerprint density at radius 1 is 0.508 bits per heavy atom. The predicted octanol–water partition coefficient (Wildman–Crippen LogP) is 17.0. The molecule has 59 heavy (non-hydrogen) atoms. The van der Waals surface area contributed by atoms with E-state index < -0.39 is 0 Å². The lowest BCUT2D eigenvalue weighted by Gasteiger charge is -2.61. The summed E-state index contributed by atoms with van der Waals surface area (Å²) in [5.41, 5.74) is 1.99. The molecule has 0 amide bonds. The molecule has 7 rings (SSSR count). The number of unbranched alkanes of at least 4 members (excludes halogenated alkanes) is 2. The van der Waals surface area contributed by atoms with Gasteiger partial charge in [0.25, 0.3) is 0 Å². The zero-order valence-corrected chi connectivity index (χ0v) is 40.0. The maximum Gasteiger partial charge on any atom is 0.0578 e. The molecular weight excluding hydrogens is 717 g/mol. The molecule has 7 saturated carbocycles. The number of allylic oxidation sites excluding steroid dienone is 2. The van der Waals surface area contributed by atoms with Crippen LogP contribution >= 0.6 is 0 Å². The van der Waals surface area contributed by atoms with E-state index in [0.29, 0.717) is 6.10 Å². The van der Waals surface area contributed by atoms with Crippen LogP contribution in [0.15, 0.2) is 11.6 Å². The minimum atomic E-state index is 0.523. The van der Waals surface area contributed by atoms with E-state index in [1.165, 1.54) is 212 Å². The number of hydrogen-bond donors (Lipinski definition) is 0. The zero-order chi connectivity index (χ0) is 40.8. The molecule has 0 saturated heterocycles. The highest BCUT2D eigenvalue weighted by molar-refractivity contribution is 5.15. The summed E-state index contributed by atoms with van der Waals surface area (Å²) in [5.74, 6) is 12.8. The molecule has 0 aliphatic heterocycles. The molecule has 0 aromatic rings. The Labute approximate surface area is 368 Å². The monoisotopic (exact) mass is 817 g/mol. The Bertz CT molecular complexity index is 1150. The van der Waals surface area contributed by atoms with E-state index in [2.05, 4.69) is 33.8 Å². The highest BCUT2D eigenvalue weighted by Crippen LogP contribution is 2.63. The van der Waals surface area contributed by atoms with Crippen LogP contribution in [0.3, 0.4) is 0 Å². The van der Waals surface area contributed by atoms with Crippen LogP contribution in [0.25, 0.3) is 0 Å². The van der Waals surface area contributed by atoms with Gasteiger partial charge in [0.15, 0.2) is 0 Å². The molecule has 0 spiro atoms. The number of fused-ring (bicyclic) bond motifs is 2. The molecule has 2 heteroatoms. The smallest absolute Gasteiger partial charge is 0.0578 e. The standard InChI is InChI=1S/C57H100O2/c1-5-9-20-42(7-3)39-58-40-45-30-34-51-54(37-45)56(48-26-18-13-19-27-48)52-35-33-50(59-41-43(8-4)21-10-6-2)38-55(52)57(51)49-31-28-44(29-32-49)36-53(46-22-14-11-15-23-46)47-24-16-12-17-25-47/h36,42-52,54-57H,5-35,37-41H2,1-4H3. The lowest BCUT2D eigenvalue weighted by atomic mass is 9.44. The van der Waals surface area contributed by atoms with E-state index in [9.17, 15) is 0 Å². The van der Waals surface area contributed by atoms with E-state index >= 15 is 0 Å². The van der Waals surface area contributed by atoms with Gasteiger partial charge in [-0.25, -0.2) is 0 Å². The van der Waals surface area contributed by atoms with Crippen LogP contribution in [0.4, 0.5) is 0 Å². The van der Waals surface area contributed by atoms with Gasteiger partial charge in [-0.05, 0) is 186 Å². The summed E-state index contributed by atoms with van der Waals surface area (Å²) in [6.07, 6.45) is 51.4. The fourth-order valence-electron chi connectivity index (χ4n) is 16.1. The van der Waals surface area contributed by atoms with Crippen molar-refractivity contribution >= 4 is 0 Å². The number of hydrogen-bond acceptors (Lipinski definition) is 2. The third-order valence-corrected chi connectivity index (χ3v) is 19.4. The quantitative estimate of drug-likeness (QED) is 0.114. The lowest BCUT2D eigenvalue weighted by molar-refractivity contribution is -0.146. The van der Waals surface area contributed by atoms with Crippen molar-refractivity contribution in [1.29, 1.82) is 0 Å². The van der Waals surface area contributed by atoms with Gasteiger partial charge in [-0.15, -0.1) is 0 Å². The van der Waals surface area contributed by atoms with Crippen molar-refractivity contribution in [3.05, 3.63) is 11.6 Å². The molecule has 0 aromatic carbocycles. The van der Waals surface area contributed by atoms with Crippen molar-refractivity contribution in [2.24, 2.45) is 82.9 Å². The molecular formula is C57H100O2. The topological polar surface area (TPSA) is 18.5 Å². The predicted molar refractivity (Wildman–Crippen MR) is 253 cm³/mol. The first-order valence-electron chi connectivity index (χ1n) is 28.0. The second kappa shape index (κ2) is 24.6. The molecule has 2 nitrogen and oxygen atoms in total. The molecule has 7 fully saturated rings. The average Bonchev–Trinajstić information content (AvgIpc) is 3.29. The van der Waals surface area contributed by atoms with Crippen LogP contribution in [0.1, 0.15) is 240 Å². The minimum Gasteiger partial charge on any atom is -0.381 e. The van der Waals surface area contributed by atoms with Gasteiger partial charge in [0, 0.05) is 19.8 Å². The second-order valence-corrected chi connectivity index (χ2v) is 23.0. The summed E-state index contributed by atoms with van der Waals surface area (Å²) < 4.78 is 13.8. The summed E-state index contributed by atoms with van der Waals surface area (Å²) in [5, 5.41) is 0. The van der Waals surface area contributed by atoms with Gasteiger partial charge >= 0.3 is 0 Å². The molecule has 340 valence electrons. The van der Waals surface area contributed by atoms with Gasteiger partial charge in [0.05, 0.1) is 6.10 Å². The Kier molecular flexibility index (Phi) is 19.5. The van der Waals surface area contributed by atoms with Crippen LogP contribution in [-0.4, -0.2) is 25.9 Å². The van der Waals surface area contributed by atoms with Gasteiger partial charge in [-0.2, -0.15) is 0 Å². The molecule has 10 unspecified atom stereocenters. The summed E-state index contributed by atoms with van der Waals surface area (Å²) in [6, 6.07) is 0. The molecule has 7 aliphatic rings. The van der Waals surface area contributed by atoms with Crippen LogP contribution in [-0.2, 0) is 9.47 Å². The lowest BCUT2D eigenvalue weighted by Crippen LogP contribution is -2.55. The minimum absolute atomic E-state index is 0.523. The normalized spacial score (nSPS) is 36.3. The molecule has 7 aliphatic carbocycles. The molecule has 0 aromatic heterocycles. The summed E-state index contributed by atoms with van der Waals surface area (Å²) in [6.45, 7) is 12.6. The highest BCUT2D eigenvalue weighted by atomic mass is 16.5. The number of ether oxygens (including phenoxy) is 2. The zero-order valence-electron chi connectivity index (χ0n) is 40.0. The second-order valence-electron chi connectivity index (χ2n) is 23.0. The van der Waals surface area contributed by atoms with Crippen LogP contribution < -0.4 is 0 Å². The first-order valence-corrected chi connectivity index (χ1v) is 28.0. The molecule has 10 atom stereocenters. The van der Waals surface area contributed by atoms with E-state index in [0.717, 1.165) is 103 Å². The molecule has 0 bridgehead atoms. The molecule has 0 N–H and O–H groups in total. The van der Waals surface area contributed by atoms with Crippen molar-refractivity contribution < 1.29 is 9.47 Å². The van der Waals surface area contributed by atoms with Crippen LogP contribution in [0, 0.1) is 82.9 Å². The maximum atomic E-state index is 7.10. The summed E-state index contributed by atoms with van der Waals surface area (Å²) in [4.78, 5) is 0. The Balaban J connectivity index is 1.10. The van der Waals surface area contributed by atoms with Gasteiger partial charge in [-0.3, -0.25) is 0 Å². The van der Waals surface area contributed by atoms with E-state index in [1.807, 2.05) is 5.57 Å². The number of rotatable bonds is 20. The van der Waals surface area contributed by atoms with E-state index in [1.54, 1.807) is 0 Å². The third kappa shape index (κ3) is 12.7. The van der Waals surface area contributed by atoms with Crippen LogP contribution in [0.2, 0.25) is 0 Å². The largest absolute Gasteiger partial charge is 0.381 e. The first-order chi connectivity index (χ1) is 29.1. The van der Waals surface area contributed by atoms with Crippen LogP contribution in [0.5, 0.6) is 0 Å². The highest BCUT2D eigenvalue weighted by Gasteiger charge is 2.56. The Hall–Kier alpha value is -0.340. The van der Waals surface area contributed by atoms with Gasteiger partial charge < -0.3 is 9.47 Å². The fraction of sp³-hybridized carbons (Fsp3) is 0.965. The fourth-order valence-corrected chi connectivity index (χ4v) is 16.1. The maximum absolute atomic E-state index is 7.10. The first kappa shape index (κ1) is 46.6. The van der Waals surface area contributed by atoms with Crippen molar-refractivity contribution in [1.82, 2.24) is 0 Å². The Morgan fingerprint density at radius 3 is 1.61 bits per heavy atom. The van der Waals surface area contributed by atoms with E-state index in [-0.39, 0.29) is 0 Å². The van der Waals surface area contributed by atoms with Crippen molar-refractivity contribution in [2.45, 2.75) is 246 Å². The SMILES string of the molecule is CCCCC(CC)COCC1CCC2C(C1)C(C1CCCCC1)C1CCC(OCC(CC)CCCC)CC1C2C1CCC(C=C(C2CCCCC2)C2CCCCC2)CC1. The average molecular weight is 817 g/mol. The van der Waals surface area contributed by atoms with E-state index in [4.69, 9.17) is 9.47 Å². The molecule has 0 heterocycles. The van der Waals surface area contributed by atoms with Crippen molar-refractivity contribution in [3.63, 3.8) is 0 Å². The third-order valence-electron chi connectivity index (χ3n) is 19.4. The summed E-state index contributed by atoms with van der Waals surface area (Å²) >= 11 is 0. The Morgan fingerprint density at radius 2 is 1.03 bits per heavy atom. The van der Waals surface area contributed by atoms with Gasteiger partial charge in [-0.1, -0.05) is 148 Å². The van der Waals surface area contributed by atoms with Gasteiger partial charge in [0.1, 0.15) is 0 Å². The van der Waals surface area contributed by atoms with Crippen molar-refractivity contribution in [3.8, 4) is 0 Å². The van der Waals surface area contributed by atoms with Crippen molar-refractivity contribution in [2.75, 3.05) is 19.8 Å².